The van der Waals surface area contributed by atoms with Crippen molar-refractivity contribution in [1.29, 1.82) is 0 Å². The molecule has 0 bridgehead atoms. The van der Waals surface area contributed by atoms with Gasteiger partial charge in [0.25, 0.3) is 5.91 Å². The Morgan fingerprint density at radius 2 is 1.54 bits per heavy atom. The Morgan fingerprint density at radius 1 is 0.958 bits per heavy atom. The lowest BCUT2D eigenvalue weighted by Gasteiger charge is -2.29. The normalized spacial score (nSPS) is 15.1. The quantitative estimate of drug-likeness (QED) is 0.898. The van der Waals surface area contributed by atoms with E-state index in [2.05, 4.69) is 7.05 Å². The third kappa shape index (κ3) is 4.49. The molecular formula is C19H23N2O3+. The van der Waals surface area contributed by atoms with Crippen molar-refractivity contribution in [3.05, 3.63) is 54.6 Å². The van der Waals surface area contributed by atoms with Crippen molar-refractivity contribution in [2.45, 2.75) is 0 Å². The second kappa shape index (κ2) is 7.84. The first kappa shape index (κ1) is 16.3. The van der Waals surface area contributed by atoms with Crippen LogP contribution in [0, 0.1) is 0 Å². The summed E-state index contributed by atoms with van der Waals surface area (Å²) >= 11 is 0. The predicted octanol–water partition coefficient (Wildman–Crippen LogP) is 1.21. The summed E-state index contributed by atoms with van der Waals surface area (Å²) in [6.07, 6.45) is 0. The molecule has 0 radical (unpaired) electrons. The van der Waals surface area contributed by atoms with Gasteiger partial charge in [-0.15, -0.1) is 0 Å². The zero-order valence-electron chi connectivity index (χ0n) is 13.9. The number of nitrogens with one attached hydrogen (secondary N) is 1. The summed E-state index contributed by atoms with van der Waals surface area (Å²) in [6, 6.07) is 16.9. The van der Waals surface area contributed by atoms with E-state index in [1.807, 2.05) is 59.5 Å². The minimum absolute atomic E-state index is 0.0483. The number of carbonyl (C=O) groups is 1. The maximum absolute atomic E-state index is 12.2. The maximum Gasteiger partial charge on any atom is 0.260 e. The molecule has 5 nitrogen and oxygen atoms in total. The van der Waals surface area contributed by atoms with Crippen molar-refractivity contribution < 1.29 is 19.2 Å². The minimum atomic E-state index is 0.0483. The van der Waals surface area contributed by atoms with Gasteiger partial charge in [-0.25, -0.2) is 0 Å². The fourth-order valence-corrected chi connectivity index (χ4v) is 2.60. The summed E-state index contributed by atoms with van der Waals surface area (Å²) in [5.41, 5.74) is 0. The summed E-state index contributed by atoms with van der Waals surface area (Å²) in [5, 5.41) is 0. The van der Waals surface area contributed by atoms with Crippen LogP contribution < -0.4 is 14.4 Å². The van der Waals surface area contributed by atoms with E-state index in [0.29, 0.717) is 5.75 Å². The second-order valence-corrected chi connectivity index (χ2v) is 6.01. The number of rotatable bonds is 5. The highest BCUT2D eigenvalue weighted by atomic mass is 16.5. The van der Waals surface area contributed by atoms with Crippen LogP contribution in [-0.2, 0) is 4.79 Å². The number of carbonyl (C=O) groups excluding carboxylic acids is 1. The van der Waals surface area contributed by atoms with Crippen molar-refractivity contribution in [3.63, 3.8) is 0 Å². The number of nitrogens with zero attached hydrogens (tertiary/aromatic N) is 1. The Morgan fingerprint density at radius 3 is 2.21 bits per heavy atom. The average Bonchev–Trinajstić information content (AvgIpc) is 2.62. The Labute approximate surface area is 142 Å². The molecule has 1 saturated heterocycles. The zero-order chi connectivity index (χ0) is 16.8. The van der Waals surface area contributed by atoms with Gasteiger partial charge in [-0.2, -0.15) is 0 Å². The van der Waals surface area contributed by atoms with E-state index in [1.54, 1.807) is 0 Å². The highest BCUT2D eigenvalue weighted by Crippen LogP contribution is 2.23. The molecule has 1 heterocycles. The second-order valence-electron chi connectivity index (χ2n) is 6.01. The van der Waals surface area contributed by atoms with E-state index < -0.39 is 0 Å². The first-order chi connectivity index (χ1) is 11.7. The number of piperazine rings is 1. The molecule has 1 aliphatic heterocycles. The molecule has 2 aromatic carbocycles. The van der Waals surface area contributed by atoms with Crippen molar-refractivity contribution in [2.24, 2.45) is 0 Å². The van der Waals surface area contributed by atoms with E-state index >= 15 is 0 Å². The first-order valence-electron chi connectivity index (χ1n) is 8.25. The highest BCUT2D eigenvalue weighted by Gasteiger charge is 2.21. The lowest BCUT2D eigenvalue weighted by molar-refractivity contribution is -0.883. The van der Waals surface area contributed by atoms with Crippen LogP contribution >= 0.6 is 0 Å². The fourth-order valence-electron chi connectivity index (χ4n) is 2.60. The van der Waals surface area contributed by atoms with Gasteiger partial charge in [0.2, 0.25) is 0 Å². The number of amides is 1. The van der Waals surface area contributed by atoms with Crippen molar-refractivity contribution in [3.8, 4) is 17.2 Å². The van der Waals surface area contributed by atoms with E-state index in [9.17, 15) is 4.79 Å². The van der Waals surface area contributed by atoms with Gasteiger partial charge in [0.1, 0.15) is 17.2 Å². The first-order valence-corrected chi connectivity index (χ1v) is 8.25. The van der Waals surface area contributed by atoms with Gasteiger partial charge in [-0.3, -0.25) is 4.79 Å². The van der Waals surface area contributed by atoms with Crippen LogP contribution in [0.5, 0.6) is 17.2 Å². The molecule has 24 heavy (non-hydrogen) atoms. The zero-order valence-corrected chi connectivity index (χ0v) is 13.9. The van der Waals surface area contributed by atoms with Crippen molar-refractivity contribution in [2.75, 3.05) is 39.8 Å². The minimum Gasteiger partial charge on any atom is -0.484 e. The summed E-state index contributed by atoms with van der Waals surface area (Å²) < 4.78 is 11.3. The number of hydrogen-bond donors (Lipinski definition) is 1. The standard InChI is InChI=1S/C19H22N2O3/c1-20-11-13-21(14-12-20)19(22)15-23-16-7-9-18(10-8-16)24-17-5-3-2-4-6-17/h2-10H,11-15H2,1H3/p+1. The molecule has 3 rings (SSSR count). The third-order valence-electron chi connectivity index (χ3n) is 4.13. The predicted molar refractivity (Wildman–Crippen MR) is 91.7 cm³/mol. The number of benzene rings is 2. The molecule has 126 valence electrons. The topological polar surface area (TPSA) is 43.2 Å². The molecular weight excluding hydrogens is 304 g/mol. The Bertz CT molecular complexity index is 650. The smallest absolute Gasteiger partial charge is 0.260 e. The van der Waals surface area contributed by atoms with E-state index in [1.165, 1.54) is 4.90 Å². The summed E-state index contributed by atoms with van der Waals surface area (Å²) in [6.45, 7) is 3.68. The lowest BCUT2D eigenvalue weighted by Crippen LogP contribution is -3.12. The van der Waals surface area contributed by atoms with Crippen LogP contribution in [0.2, 0.25) is 0 Å². The van der Waals surface area contributed by atoms with Crippen LogP contribution in [0.3, 0.4) is 0 Å². The monoisotopic (exact) mass is 327 g/mol. The largest absolute Gasteiger partial charge is 0.484 e. The summed E-state index contributed by atoms with van der Waals surface area (Å²) in [4.78, 5) is 15.5. The van der Waals surface area contributed by atoms with Crippen LogP contribution in [0.15, 0.2) is 54.6 Å². The van der Waals surface area contributed by atoms with Gasteiger partial charge in [-0.1, -0.05) is 18.2 Å². The van der Waals surface area contributed by atoms with E-state index in [-0.39, 0.29) is 12.5 Å². The molecule has 0 aromatic heterocycles. The average molecular weight is 327 g/mol. The Hall–Kier alpha value is -2.53. The SMILES string of the molecule is C[NH+]1CCN(C(=O)COc2ccc(Oc3ccccc3)cc2)CC1. The van der Waals surface area contributed by atoms with E-state index in [4.69, 9.17) is 9.47 Å². The number of likely N-dealkylation sites (N-methyl/N-ethyl adjacent to an activating group) is 1. The van der Waals surface area contributed by atoms with Gasteiger partial charge in [-0.05, 0) is 36.4 Å². The summed E-state index contributed by atoms with van der Waals surface area (Å²) in [7, 11) is 2.15. The summed E-state index contributed by atoms with van der Waals surface area (Å²) in [5.74, 6) is 2.25. The van der Waals surface area contributed by atoms with E-state index in [0.717, 1.165) is 37.7 Å². The Balaban J connectivity index is 1.48. The van der Waals surface area contributed by atoms with Crippen molar-refractivity contribution >= 4 is 5.91 Å². The molecule has 2 aromatic rings. The molecule has 0 unspecified atom stereocenters. The number of hydrogen-bond acceptors (Lipinski definition) is 3. The molecule has 1 N–H and O–H groups in total. The molecule has 5 heteroatoms. The molecule has 0 atom stereocenters. The molecule has 0 saturated carbocycles. The van der Waals surface area contributed by atoms with Gasteiger partial charge < -0.3 is 19.3 Å². The lowest BCUT2D eigenvalue weighted by atomic mass is 10.3. The van der Waals surface area contributed by atoms with Gasteiger partial charge in [0, 0.05) is 0 Å². The van der Waals surface area contributed by atoms with Gasteiger partial charge >= 0.3 is 0 Å². The number of quaternary nitrogens is 1. The molecule has 1 fully saturated rings. The van der Waals surface area contributed by atoms with Crippen LogP contribution in [0.1, 0.15) is 0 Å². The van der Waals surface area contributed by atoms with Crippen molar-refractivity contribution in [1.82, 2.24) is 4.90 Å². The fraction of sp³-hybridized carbons (Fsp3) is 0.316. The van der Waals surface area contributed by atoms with Gasteiger partial charge in [0.05, 0.1) is 33.2 Å². The third-order valence-corrected chi connectivity index (χ3v) is 4.13. The number of ether oxygens (including phenoxy) is 2. The molecule has 0 spiro atoms. The highest BCUT2D eigenvalue weighted by molar-refractivity contribution is 5.77. The molecule has 1 amide bonds. The Kier molecular flexibility index (Phi) is 5.33. The van der Waals surface area contributed by atoms with Crippen LogP contribution in [-0.4, -0.2) is 50.6 Å². The number of para-hydroxylation sites is 1. The maximum atomic E-state index is 12.2. The van der Waals surface area contributed by atoms with Crippen LogP contribution in [0.4, 0.5) is 0 Å². The van der Waals surface area contributed by atoms with Crippen LogP contribution in [0.25, 0.3) is 0 Å². The molecule has 0 aliphatic carbocycles. The molecule has 1 aliphatic rings. The van der Waals surface area contributed by atoms with Gasteiger partial charge in [0.15, 0.2) is 6.61 Å².